The summed E-state index contributed by atoms with van der Waals surface area (Å²) < 4.78 is 11.0. The second-order valence-electron chi connectivity index (χ2n) is 7.77. The van der Waals surface area contributed by atoms with Gasteiger partial charge in [-0.15, -0.1) is 0 Å². The summed E-state index contributed by atoms with van der Waals surface area (Å²) in [6.07, 6.45) is 1.68. The number of furan rings is 1. The van der Waals surface area contributed by atoms with E-state index in [0.717, 1.165) is 17.2 Å². The SMILES string of the molecule is COc1ccc(N2C(=O)[C@@H]([C@H](C)N(C(C)C)C(C)C)[C@H]2c2ccco2)cc1. The van der Waals surface area contributed by atoms with Crippen LogP contribution in [0.4, 0.5) is 5.69 Å². The van der Waals surface area contributed by atoms with E-state index in [4.69, 9.17) is 9.15 Å². The zero-order chi connectivity index (χ0) is 19.7. The Morgan fingerprint density at radius 1 is 1.04 bits per heavy atom. The molecular formula is C22H30N2O3. The van der Waals surface area contributed by atoms with Crippen molar-refractivity contribution in [1.29, 1.82) is 0 Å². The zero-order valence-corrected chi connectivity index (χ0v) is 17.0. The third kappa shape index (κ3) is 3.48. The van der Waals surface area contributed by atoms with Crippen molar-refractivity contribution >= 4 is 11.6 Å². The third-order valence-electron chi connectivity index (χ3n) is 5.51. The van der Waals surface area contributed by atoms with Crippen LogP contribution in [0.2, 0.25) is 0 Å². The monoisotopic (exact) mass is 370 g/mol. The van der Waals surface area contributed by atoms with Gasteiger partial charge in [-0.2, -0.15) is 0 Å². The molecule has 1 aromatic carbocycles. The molecule has 0 saturated carbocycles. The lowest BCUT2D eigenvalue weighted by Crippen LogP contribution is -2.63. The van der Waals surface area contributed by atoms with Gasteiger partial charge in [0.05, 0.1) is 19.3 Å². The standard InChI is InChI=1S/C22H30N2O3/c1-14(2)23(15(3)4)16(5)20-21(19-8-7-13-27-19)24(22(20)25)17-9-11-18(26-6)12-10-17/h7-16,20-21H,1-6H3/t16-,20-,21+/m0/s1. The summed E-state index contributed by atoms with van der Waals surface area (Å²) in [4.78, 5) is 17.5. The molecule has 0 bridgehead atoms. The summed E-state index contributed by atoms with van der Waals surface area (Å²) >= 11 is 0. The third-order valence-corrected chi connectivity index (χ3v) is 5.51. The summed E-state index contributed by atoms with van der Waals surface area (Å²) in [7, 11) is 1.64. The number of benzene rings is 1. The molecule has 2 heterocycles. The number of hydrogen-bond donors (Lipinski definition) is 0. The van der Waals surface area contributed by atoms with Gasteiger partial charge in [-0.1, -0.05) is 0 Å². The molecule has 0 unspecified atom stereocenters. The van der Waals surface area contributed by atoms with Crippen molar-refractivity contribution in [2.75, 3.05) is 12.0 Å². The molecule has 1 amide bonds. The lowest BCUT2D eigenvalue weighted by Gasteiger charge is -2.52. The molecule has 5 heteroatoms. The van der Waals surface area contributed by atoms with Crippen molar-refractivity contribution in [3.05, 3.63) is 48.4 Å². The lowest BCUT2D eigenvalue weighted by molar-refractivity contribution is -0.135. The first-order valence-electron chi connectivity index (χ1n) is 9.64. The molecule has 3 rings (SSSR count). The Labute approximate surface area is 161 Å². The van der Waals surface area contributed by atoms with E-state index in [1.54, 1.807) is 13.4 Å². The Bertz CT molecular complexity index is 744. The second kappa shape index (κ2) is 7.77. The van der Waals surface area contributed by atoms with Crippen LogP contribution >= 0.6 is 0 Å². The Morgan fingerprint density at radius 2 is 1.67 bits per heavy atom. The van der Waals surface area contributed by atoms with Crippen LogP contribution in [0.1, 0.15) is 46.4 Å². The molecule has 146 valence electrons. The zero-order valence-electron chi connectivity index (χ0n) is 17.0. The van der Waals surface area contributed by atoms with Crippen LogP contribution in [-0.4, -0.2) is 36.0 Å². The molecule has 0 N–H and O–H groups in total. The molecule has 0 spiro atoms. The second-order valence-corrected chi connectivity index (χ2v) is 7.77. The molecule has 0 aliphatic carbocycles. The highest BCUT2D eigenvalue weighted by Gasteiger charge is 2.54. The van der Waals surface area contributed by atoms with Gasteiger partial charge in [0.1, 0.15) is 17.6 Å². The molecular weight excluding hydrogens is 340 g/mol. The van der Waals surface area contributed by atoms with Crippen LogP contribution in [0.15, 0.2) is 47.1 Å². The van der Waals surface area contributed by atoms with Crippen molar-refractivity contribution in [1.82, 2.24) is 4.90 Å². The Balaban J connectivity index is 1.94. The summed E-state index contributed by atoms with van der Waals surface area (Å²) in [5.41, 5.74) is 0.867. The first-order valence-corrected chi connectivity index (χ1v) is 9.64. The van der Waals surface area contributed by atoms with E-state index < -0.39 is 0 Å². The molecule has 3 atom stereocenters. The van der Waals surface area contributed by atoms with E-state index in [1.165, 1.54) is 0 Å². The number of nitrogens with zero attached hydrogens (tertiary/aromatic N) is 2. The number of hydrogen-bond acceptors (Lipinski definition) is 4. The summed E-state index contributed by atoms with van der Waals surface area (Å²) in [6, 6.07) is 12.2. The summed E-state index contributed by atoms with van der Waals surface area (Å²) in [6.45, 7) is 10.9. The maximum absolute atomic E-state index is 13.2. The molecule has 1 fully saturated rings. The molecule has 2 aromatic rings. The maximum atomic E-state index is 13.2. The highest BCUT2D eigenvalue weighted by atomic mass is 16.5. The highest BCUT2D eigenvalue weighted by Crippen LogP contribution is 2.47. The summed E-state index contributed by atoms with van der Waals surface area (Å²) in [5, 5.41) is 0. The van der Waals surface area contributed by atoms with Gasteiger partial charge in [0, 0.05) is 23.8 Å². The van der Waals surface area contributed by atoms with Gasteiger partial charge in [-0.25, -0.2) is 0 Å². The number of ether oxygens (including phenoxy) is 1. The average Bonchev–Trinajstić information content (AvgIpc) is 3.13. The minimum Gasteiger partial charge on any atom is -0.497 e. The van der Waals surface area contributed by atoms with Gasteiger partial charge in [-0.3, -0.25) is 9.69 Å². The number of β-lactam (4-membered cyclic amide) rings is 1. The molecule has 0 radical (unpaired) electrons. The van der Waals surface area contributed by atoms with Crippen LogP contribution in [-0.2, 0) is 4.79 Å². The van der Waals surface area contributed by atoms with Crippen LogP contribution < -0.4 is 9.64 Å². The van der Waals surface area contributed by atoms with Gasteiger partial charge in [-0.05, 0) is 71.0 Å². The van der Waals surface area contributed by atoms with Gasteiger partial charge >= 0.3 is 0 Å². The number of anilines is 1. The molecule has 5 nitrogen and oxygen atoms in total. The minimum absolute atomic E-state index is 0.101. The first-order chi connectivity index (χ1) is 12.9. The predicted octanol–water partition coefficient (Wildman–Crippen LogP) is 4.50. The number of carbonyl (C=O) groups excluding carboxylic acids is 1. The Morgan fingerprint density at radius 3 is 2.15 bits per heavy atom. The lowest BCUT2D eigenvalue weighted by atomic mass is 9.78. The average molecular weight is 370 g/mol. The van der Waals surface area contributed by atoms with E-state index in [1.807, 2.05) is 41.3 Å². The number of carbonyl (C=O) groups is 1. The predicted molar refractivity (Wildman–Crippen MR) is 107 cm³/mol. The van der Waals surface area contributed by atoms with Crippen LogP contribution in [0, 0.1) is 5.92 Å². The van der Waals surface area contributed by atoms with Crippen molar-refractivity contribution in [3.8, 4) is 5.75 Å². The van der Waals surface area contributed by atoms with E-state index in [0.29, 0.717) is 12.1 Å². The van der Waals surface area contributed by atoms with Gasteiger partial charge in [0.15, 0.2) is 0 Å². The number of rotatable bonds is 7. The molecule has 27 heavy (non-hydrogen) atoms. The molecule has 1 aromatic heterocycles. The fourth-order valence-corrected chi connectivity index (χ4v) is 4.50. The van der Waals surface area contributed by atoms with Crippen LogP contribution in [0.3, 0.4) is 0 Å². The minimum atomic E-state index is -0.136. The number of amides is 1. The quantitative estimate of drug-likeness (QED) is 0.673. The van der Waals surface area contributed by atoms with Crippen molar-refractivity contribution < 1.29 is 13.9 Å². The van der Waals surface area contributed by atoms with Crippen molar-refractivity contribution in [3.63, 3.8) is 0 Å². The maximum Gasteiger partial charge on any atom is 0.234 e. The molecule has 1 saturated heterocycles. The Hall–Kier alpha value is -2.27. The fraction of sp³-hybridized carbons (Fsp3) is 0.500. The van der Waals surface area contributed by atoms with Gasteiger partial charge < -0.3 is 14.1 Å². The first kappa shape index (κ1) is 19.5. The van der Waals surface area contributed by atoms with E-state index >= 15 is 0 Å². The topological polar surface area (TPSA) is 45.9 Å². The van der Waals surface area contributed by atoms with Crippen molar-refractivity contribution in [2.24, 2.45) is 5.92 Å². The summed E-state index contributed by atoms with van der Waals surface area (Å²) in [5.74, 6) is 1.61. The molecule has 1 aliphatic heterocycles. The fourth-order valence-electron chi connectivity index (χ4n) is 4.50. The smallest absolute Gasteiger partial charge is 0.234 e. The number of methoxy groups -OCH3 is 1. The van der Waals surface area contributed by atoms with Crippen LogP contribution in [0.5, 0.6) is 5.75 Å². The van der Waals surface area contributed by atoms with Crippen molar-refractivity contribution in [2.45, 2.75) is 58.8 Å². The molecule has 1 aliphatic rings. The normalized spacial score (nSPS) is 21.1. The van der Waals surface area contributed by atoms with Crippen LogP contribution in [0.25, 0.3) is 0 Å². The van der Waals surface area contributed by atoms with E-state index in [2.05, 4.69) is 39.5 Å². The van der Waals surface area contributed by atoms with Gasteiger partial charge in [0.25, 0.3) is 0 Å². The highest BCUT2D eigenvalue weighted by molar-refractivity contribution is 6.03. The van der Waals surface area contributed by atoms with E-state index in [-0.39, 0.29) is 23.9 Å². The van der Waals surface area contributed by atoms with E-state index in [9.17, 15) is 4.79 Å². The largest absolute Gasteiger partial charge is 0.497 e. The van der Waals surface area contributed by atoms with Gasteiger partial charge in [0.2, 0.25) is 5.91 Å². The Kier molecular flexibility index (Phi) is 5.61.